The van der Waals surface area contributed by atoms with Crippen molar-refractivity contribution in [2.75, 3.05) is 0 Å². The Kier molecular flexibility index (Phi) is 1.37. The van der Waals surface area contributed by atoms with Gasteiger partial charge in [0.25, 0.3) is 0 Å². The fraction of sp³-hybridized carbons (Fsp3) is 0. The molecule has 0 aliphatic carbocycles. The third-order valence-electron chi connectivity index (χ3n) is 2.29. The van der Waals surface area contributed by atoms with Crippen molar-refractivity contribution >= 4 is 18.4 Å². The van der Waals surface area contributed by atoms with Crippen LogP contribution in [0.2, 0.25) is 0 Å². The Labute approximate surface area is 84.1 Å². The lowest BCUT2D eigenvalue weighted by Crippen LogP contribution is -2.37. The Balaban J connectivity index is 2.38. The van der Waals surface area contributed by atoms with E-state index < -0.39 is 6.03 Å². The zero-order valence-corrected chi connectivity index (χ0v) is 7.64. The summed E-state index contributed by atoms with van der Waals surface area (Å²) in [6.45, 7) is 0. The molecule has 0 unspecified atom stereocenters. The van der Waals surface area contributed by atoms with Crippen LogP contribution < -0.4 is 16.4 Å². The number of urea groups is 1. The van der Waals surface area contributed by atoms with Gasteiger partial charge in [-0.1, -0.05) is 0 Å². The average Bonchev–Trinajstić information content (AvgIpc) is 2.65. The summed E-state index contributed by atoms with van der Waals surface area (Å²) in [6, 6.07) is 1.30. The first kappa shape index (κ1) is 7.98. The minimum atomic E-state index is -0.518. The van der Waals surface area contributed by atoms with Crippen molar-refractivity contribution in [1.82, 2.24) is 20.1 Å². The van der Waals surface area contributed by atoms with Gasteiger partial charge in [-0.2, -0.15) is 10.2 Å². The number of H-pyrrole nitrogens is 1. The van der Waals surface area contributed by atoms with Crippen LogP contribution in [0.5, 0.6) is 0 Å². The van der Waals surface area contributed by atoms with Crippen molar-refractivity contribution in [3.63, 3.8) is 0 Å². The Morgan fingerprint density at radius 3 is 3.13 bits per heavy atom. The first-order valence-corrected chi connectivity index (χ1v) is 4.36. The van der Waals surface area contributed by atoms with Gasteiger partial charge in [0.05, 0.1) is 22.6 Å². The van der Waals surface area contributed by atoms with E-state index in [-0.39, 0.29) is 0 Å². The van der Waals surface area contributed by atoms with Crippen LogP contribution in [-0.2, 0) is 0 Å². The van der Waals surface area contributed by atoms with Crippen molar-refractivity contribution in [2.24, 2.45) is 5.73 Å². The molecule has 15 heavy (non-hydrogen) atoms. The quantitative estimate of drug-likeness (QED) is 0.560. The molecule has 3 heterocycles. The molecule has 3 N–H and O–H groups in total. The molecule has 0 atom stereocenters. The van der Waals surface area contributed by atoms with Gasteiger partial charge in [-0.3, -0.25) is 4.90 Å². The second-order valence-corrected chi connectivity index (χ2v) is 3.29. The van der Waals surface area contributed by atoms with Crippen LogP contribution >= 0.6 is 0 Å². The molecule has 3 aliphatic heterocycles. The molecule has 0 saturated heterocycles. The molecule has 3 aliphatic rings. The molecular formula is C9H7N5O. The van der Waals surface area contributed by atoms with Crippen molar-refractivity contribution in [2.45, 2.75) is 0 Å². The van der Waals surface area contributed by atoms with Gasteiger partial charge in [0.2, 0.25) is 0 Å². The number of nitrogens with zero attached hydrogens (tertiary/aromatic N) is 3. The van der Waals surface area contributed by atoms with Gasteiger partial charge in [0.1, 0.15) is 0 Å². The fourth-order valence-corrected chi connectivity index (χ4v) is 1.61. The monoisotopic (exact) mass is 201 g/mol. The van der Waals surface area contributed by atoms with E-state index in [4.69, 9.17) is 5.73 Å². The van der Waals surface area contributed by atoms with Gasteiger partial charge >= 0.3 is 6.03 Å². The van der Waals surface area contributed by atoms with E-state index >= 15 is 0 Å². The third-order valence-corrected chi connectivity index (χ3v) is 2.29. The molecule has 2 amide bonds. The van der Waals surface area contributed by atoms with Gasteiger partial charge in [0, 0.05) is 18.0 Å². The van der Waals surface area contributed by atoms with Crippen molar-refractivity contribution in [3.05, 3.63) is 23.0 Å². The standard InChI is InChI=1S/C9H7N5O/c10-9(15)14-3-5-1-7-6(2-11-13-7)8(4-14)12-5/h1-4,12H,(H2,10,15). The number of aromatic nitrogens is 3. The van der Waals surface area contributed by atoms with E-state index in [1.807, 2.05) is 6.07 Å². The summed E-state index contributed by atoms with van der Waals surface area (Å²) < 4.78 is 0. The molecule has 0 spiro atoms. The van der Waals surface area contributed by atoms with Crippen LogP contribution in [0.15, 0.2) is 12.3 Å². The summed E-state index contributed by atoms with van der Waals surface area (Å²) in [6.07, 6.45) is 4.89. The van der Waals surface area contributed by atoms with Gasteiger partial charge in [-0.15, -0.1) is 0 Å². The lowest BCUT2D eigenvalue weighted by Gasteiger charge is -2.14. The van der Waals surface area contributed by atoms with Crippen LogP contribution in [0.4, 0.5) is 4.79 Å². The van der Waals surface area contributed by atoms with E-state index in [1.165, 1.54) is 4.90 Å². The van der Waals surface area contributed by atoms with Crippen LogP contribution in [0.1, 0.15) is 0 Å². The number of amides is 2. The first-order chi connectivity index (χ1) is 7.24. The number of fused-ring (bicyclic) bond motifs is 4. The van der Waals surface area contributed by atoms with E-state index in [2.05, 4.69) is 15.2 Å². The summed E-state index contributed by atoms with van der Waals surface area (Å²) in [4.78, 5) is 15.5. The number of pyridine rings is 1. The summed E-state index contributed by atoms with van der Waals surface area (Å²) in [5, 5.41) is 9.32. The lowest BCUT2D eigenvalue weighted by molar-refractivity contribution is 0.240. The summed E-state index contributed by atoms with van der Waals surface area (Å²) in [5.41, 5.74) is 6.87. The Morgan fingerprint density at radius 2 is 2.33 bits per heavy atom. The van der Waals surface area contributed by atoms with Gasteiger partial charge in [0.15, 0.2) is 0 Å². The predicted octanol–water partition coefficient (Wildman–Crippen LogP) is -1.22. The zero-order valence-electron chi connectivity index (χ0n) is 7.64. The first-order valence-electron chi connectivity index (χ1n) is 4.36. The Morgan fingerprint density at radius 1 is 1.47 bits per heavy atom. The van der Waals surface area contributed by atoms with Gasteiger partial charge in [-0.25, -0.2) is 4.79 Å². The minimum absolute atomic E-state index is 0.518. The topological polar surface area (TPSA) is 87.9 Å². The van der Waals surface area contributed by atoms with E-state index in [0.717, 1.165) is 22.0 Å². The van der Waals surface area contributed by atoms with Crippen LogP contribution in [0.25, 0.3) is 23.7 Å². The molecule has 0 radical (unpaired) electrons. The number of primary amides is 1. The molecule has 0 aromatic carbocycles. The Hall–Kier alpha value is -2.37. The van der Waals surface area contributed by atoms with E-state index in [0.29, 0.717) is 0 Å². The second kappa shape index (κ2) is 2.57. The third kappa shape index (κ3) is 1.08. The molecular weight excluding hydrogens is 194 g/mol. The number of hydrogen-bond acceptors (Lipinski definition) is 3. The van der Waals surface area contributed by atoms with E-state index in [9.17, 15) is 4.79 Å². The molecule has 3 rings (SSSR count). The summed E-state index contributed by atoms with van der Waals surface area (Å²) in [5.74, 6) is 0. The SMILES string of the molecule is NC(=O)N1C=c2cc3nncc-3c([nH]2)=C1. The normalized spacial score (nSPS) is 13.5. The van der Waals surface area contributed by atoms with Crippen molar-refractivity contribution in [3.8, 4) is 11.3 Å². The molecule has 0 fully saturated rings. The maximum atomic E-state index is 11.0. The predicted molar refractivity (Wildman–Crippen MR) is 52.6 cm³/mol. The van der Waals surface area contributed by atoms with E-state index in [1.54, 1.807) is 18.6 Å². The van der Waals surface area contributed by atoms with Crippen molar-refractivity contribution in [1.29, 1.82) is 0 Å². The van der Waals surface area contributed by atoms with Crippen LogP contribution in [0.3, 0.4) is 0 Å². The van der Waals surface area contributed by atoms with Gasteiger partial charge < -0.3 is 10.7 Å². The molecule has 2 bridgehead atoms. The largest absolute Gasteiger partial charge is 0.352 e. The second-order valence-electron chi connectivity index (χ2n) is 3.29. The molecule has 0 aromatic heterocycles. The Bertz CT molecular complexity index is 629. The number of carbonyl (C=O) groups is 1. The minimum Gasteiger partial charge on any atom is -0.352 e. The number of hydrogen-bond donors (Lipinski definition) is 2. The average molecular weight is 201 g/mol. The fourth-order valence-electron chi connectivity index (χ4n) is 1.61. The highest BCUT2D eigenvalue weighted by Gasteiger charge is 2.13. The number of rotatable bonds is 0. The smallest absolute Gasteiger partial charge is 0.323 e. The van der Waals surface area contributed by atoms with Crippen LogP contribution in [-0.4, -0.2) is 26.1 Å². The maximum Gasteiger partial charge on any atom is 0.323 e. The summed E-state index contributed by atoms with van der Waals surface area (Å²) >= 11 is 0. The number of carbonyl (C=O) groups excluding carboxylic acids is 1. The van der Waals surface area contributed by atoms with Crippen molar-refractivity contribution < 1.29 is 4.79 Å². The number of nitrogens with two attached hydrogens (primary N) is 1. The molecule has 0 saturated carbocycles. The highest BCUT2D eigenvalue weighted by atomic mass is 16.2. The van der Waals surface area contributed by atoms with Crippen LogP contribution in [0, 0.1) is 0 Å². The molecule has 6 heteroatoms. The number of aromatic amines is 1. The molecule has 0 aromatic rings. The van der Waals surface area contributed by atoms with Gasteiger partial charge in [-0.05, 0) is 6.07 Å². The highest BCUT2D eigenvalue weighted by molar-refractivity contribution is 5.82. The summed E-state index contributed by atoms with van der Waals surface area (Å²) in [7, 11) is 0. The molecule has 74 valence electrons. The molecule has 6 nitrogen and oxygen atoms in total. The maximum absolute atomic E-state index is 11.0. The zero-order chi connectivity index (χ0) is 10.4. The lowest BCUT2D eigenvalue weighted by atomic mass is 10.2. The highest BCUT2D eigenvalue weighted by Crippen LogP contribution is 2.10. The number of nitrogens with one attached hydrogen (secondary N) is 1.